The summed E-state index contributed by atoms with van der Waals surface area (Å²) in [5.74, 6) is -1.04. The van der Waals surface area contributed by atoms with Crippen LogP contribution in [0, 0.1) is 5.41 Å². The predicted molar refractivity (Wildman–Crippen MR) is 69.6 cm³/mol. The van der Waals surface area contributed by atoms with Gasteiger partial charge in [-0.1, -0.05) is 20.8 Å². The maximum absolute atomic E-state index is 12.0. The van der Waals surface area contributed by atoms with E-state index >= 15 is 0 Å². The van der Waals surface area contributed by atoms with Crippen LogP contribution in [0.3, 0.4) is 0 Å². The Labute approximate surface area is 112 Å². The Hall–Kier alpha value is -1.98. The quantitative estimate of drug-likeness (QED) is 0.874. The van der Waals surface area contributed by atoms with Gasteiger partial charge in [-0.2, -0.15) is 0 Å². The van der Waals surface area contributed by atoms with Crippen molar-refractivity contribution < 1.29 is 19.1 Å². The zero-order valence-electron chi connectivity index (χ0n) is 11.6. The van der Waals surface area contributed by atoms with Crippen molar-refractivity contribution >= 4 is 12.0 Å². The number of hydrogen-bond donors (Lipinski definition) is 2. The minimum Gasteiger partial charge on any atom is -0.480 e. The van der Waals surface area contributed by atoms with E-state index in [1.165, 1.54) is 11.2 Å². The Balaban J connectivity index is 2.64. The molecule has 0 saturated heterocycles. The molecule has 1 atom stereocenters. The molecule has 106 valence electrons. The van der Waals surface area contributed by atoms with Crippen molar-refractivity contribution in [1.82, 2.24) is 10.2 Å². The number of aliphatic carboxylic acids is 1. The summed E-state index contributed by atoms with van der Waals surface area (Å²) in [6, 6.07) is 0.387. The summed E-state index contributed by atoms with van der Waals surface area (Å²) in [5.41, 5.74) is 0.290. The second-order valence-electron chi connectivity index (χ2n) is 5.57. The number of carbonyl (C=O) groups excluding carboxylic acids is 1. The second-order valence-corrected chi connectivity index (χ2v) is 5.57. The molecule has 1 heterocycles. The van der Waals surface area contributed by atoms with Crippen molar-refractivity contribution in [3.63, 3.8) is 0 Å². The average molecular weight is 268 g/mol. The van der Waals surface area contributed by atoms with Gasteiger partial charge < -0.3 is 19.7 Å². The van der Waals surface area contributed by atoms with Crippen LogP contribution in [-0.2, 0) is 11.3 Å². The number of carboxylic acids is 1. The minimum atomic E-state index is -1.04. The monoisotopic (exact) mass is 268 g/mol. The Morgan fingerprint density at radius 3 is 2.53 bits per heavy atom. The molecule has 19 heavy (non-hydrogen) atoms. The fraction of sp³-hybridized carbons (Fsp3) is 0.538. The first kappa shape index (κ1) is 15.1. The third-order valence-corrected chi connectivity index (χ3v) is 2.73. The molecule has 0 unspecified atom stereocenters. The molecular weight excluding hydrogens is 248 g/mol. The van der Waals surface area contributed by atoms with Gasteiger partial charge in [-0.15, -0.1) is 0 Å². The van der Waals surface area contributed by atoms with E-state index in [1.807, 2.05) is 0 Å². The average Bonchev–Trinajstić information content (AvgIpc) is 2.75. The molecule has 2 N–H and O–H groups in total. The molecule has 1 rings (SSSR count). The summed E-state index contributed by atoms with van der Waals surface area (Å²) in [4.78, 5) is 24.5. The third kappa shape index (κ3) is 4.31. The van der Waals surface area contributed by atoms with Crippen molar-refractivity contribution in [2.24, 2.45) is 5.41 Å². The predicted octanol–water partition coefficient (Wildman–Crippen LogP) is 1.92. The summed E-state index contributed by atoms with van der Waals surface area (Å²) < 4.78 is 4.92. The third-order valence-electron chi connectivity index (χ3n) is 2.73. The summed E-state index contributed by atoms with van der Waals surface area (Å²) in [5, 5.41) is 11.7. The standard InChI is InChI=1S/C13H20N2O4/c1-13(2,3)10(11(16)17)14-12(18)15(4)7-9-5-6-19-8-9/h5-6,8,10H,7H2,1-4H3,(H,14,18)(H,16,17)/t10-/m1/s1. The van der Waals surface area contributed by atoms with Crippen LogP contribution in [0.1, 0.15) is 26.3 Å². The van der Waals surface area contributed by atoms with Gasteiger partial charge in [-0.3, -0.25) is 0 Å². The van der Waals surface area contributed by atoms with Crippen LogP contribution >= 0.6 is 0 Å². The maximum atomic E-state index is 12.0. The van der Waals surface area contributed by atoms with Crippen LogP contribution in [-0.4, -0.2) is 35.1 Å². The first-order chi connectivity index (χ1) is 8.71. The molecular formula is C13H20N2O4. The highest BCUT2D eigenvalue weighted by molar-refractivity contribution is 5.83. The first-order valence-electron chi connectivity index (χ1n) is 5.97. The van der Waals surface area contributed by atoms with Crippen LogP contribution in [0.2, 0.25) is 0 Å². The van der Waals surface area contributed by atoms with Crippen molar-refractivity contribution in [2.75, 3.05) is 7.05 Å². The molecule has 1 aromatic heterocycles. The highest BCUT2D eigenvalue weighted by Gasteiger charge is 2.33. The number of urea groups is 1. The first-order valence-corrected chi connectivity index (χ1v) is 5.97. The summed E-state index contributed by atoms with van der Waals surface area (Å²) in [6.45, 7) is 5.66. The van der Waals surface area contributed by atoms with Gasteiger partial charge in [0.15, 0.2) is 0 Å². The highest BCUT2D eigenvalue weighted by Crippen LogP contribution is 2.19. The van der Waals surface area contributed by atoms with E-state index < -0.39 is 23.5 Å². The molecule has 6 nitrogen and oxygen atoms in total. The number of rotatable bonds is 4. The molecule has 6 heteroatoms. The van der Waals surface area contributed by atoms with Gasteiger partial charge >= 0.3 is 12.0 Å². The molecule has 0 bridgehead atoms. The molecule has 0 aromatic carbocycles. The lowest BCUT2D eigenvalue weighted by atomic mass is 9.87. The van der Waals surface area contributed by atoms with Crippen molar-refractivity contribution in [1.29, 1.82) is 0 Å². The van der Waals surface area contributed by atoms with Gasteiger partial charge in [0, 0.05) is 12.6 Å². The number of nitrogens with zero attached hydrogens (tertiary/aromatic N) is 1. The van der Waals surface area contributed by atoms with E-state index in [-0.39, 0.29) is 0 Å². The highest BCUT2D eigenvalue weighted by atomic mass is 16.4. The molecule has 0 fully saturated rings. The van der Waals surface area contributed by atoms with E-state index in [0.29, 0.717) is 6.54 Å². The van der Waals surface area contributed by atoms with E-state index in [1.54, 1.807) is 40.1 Å². The number of carbonyl (C=O) groups is 2. The summed E-state index contributed by atoms with van der Waals surface area (Å²) >= 11 is 0. The Bertz CT molecular complexity index is 434. The Morgan fingerprint density at radius 1 is 1.47 bits per heavy atom. The Kier molecular flexibility index (Phi) is 4.58. The molecule has 1 aromatic rings. The Morgan fingerprint density at radius 2 is 2.11 bits per heavy atom. The zero-order valence-corrected chi connectivity index (χ0v) is 11.6. The molecule has 0 saturated carbocycles. The topological polar surface area (TPSA) is 82.8 Å². The van der Waals surface area contributed by atoms with Crippen LogP contribution in [0.5, 0.6) is 0 Å². The van der Waals surface area contributed by atoms with Gasteiger partial charge in [0.25, 0.3) is 0 Å². The number of amides is 2. The van der Waals surface area contributed by atoms with E-state index in [2.05, 4.69) is 5.32 Å². The van der Waals surface area contributed by atoms with Gasteiger partial charge in [0.1, 0.15) is 6.04 Å². The molecule has 0 aliphatic rings. The lowest BCUT2D eigenvalue weighted by Crippen LogP contribution is -2.52. The van der Waals surface area contributed by atoms with Gasteiger partial charge in [-0.25, -0.2) is 9.59 Å². The number of carboxylic acid groups (broad SMARTS) is 1. The molecule has 2 amide bonds. The normalized spacial score (nSPS) is 12.8. The lowest BCUT2D eigenvalue weighted by molar-refractivity contribution is -0.142. The molecule has 0 aliphatic carbocycles. The van der Waals surface area contributed by atoms with Crippen molar-refractivity contribution in [3.05, 3.63) is 24.2 Å². The van der Waals surface area contributed by atoms with E-state index in [4.69, 9.17) is 9.52 Å². The van der Waals surface area contributed by atoms with Crippen LogP contribution in [0.15, 0.2) is 23.0 Å². The second kappa shape index (κ2) is 5.77. The zero-order chi connectivity index (χ0) is 14.6. The number of hydrogen-bond acceptors (Lipinski definition) is 3. The largest absolute Gasteiger partial charge is 0.480 e. The summed E-state index contributed by atoms with van der Waals surface area (Å²) in [6.07, 6.45) is 3.07. The van der Waals surface area contributed by atoms with Gasteiger partial charge in [0.05, 0.1) is 19.1 Å². The summed E-state index contributed by atoms with van der Waals surface area (Å²) in [7, 11) is 1.60. The van der Waals surface area contributed by atoms with E-state index in [9.17, 15) is 9.59 Å². The molecule has 0 spiro atoms. The lowest BCUT2D eigenvalue weighted by Gasteiger charge is -2.29. The molecule has 0 aliphatic heterocycles. The van der Waals surface area contributed by atoms with Crippen molar-refractivity contribution in [2.45, 2.75) is 33.4 Å². The minimum absolute atomic E-state index is 0.360. The van der Waals surface area contributed by atoms with Gasteiger partial charge in [-0.05, 0) is 11.5 Å². The molecule has 0 radical (unpaired) electrons. The van der Waals surface area contributed by atoms with Gasteiger partial charge in [0.2, 0.25) is 0 Å². The fourth-order valence-electron chi connectivity index (χ4n) is 1.61. The van der Waals surface area contributed by atoms with Crippen LogP contribution < -0.4 is 5.32 Å². The maximum Gasteiger partial charge on any atom is 0.326 e. The number of nitrogens with one attached hydrogen (secondary N) is 1. The number of furan rings is 1. The van der Waals surface area contributed by atoms with Crippen molar-refractivity contribution in [3.8, 4) is 0 Å². The van der Waals surface area contributed by atoms with E-state index in [0.717, 1.165) is 5.56 Å². The van der Waals surface area contributed by atoms with Crippen LogP contribution in [0.4, 0.5) is 4.79 Å². The van der Waals surface area contributed by atoms with Crippen LogP contribution in [0.25, 0.3) is 0 Å². The SMILES string of the molecule is CN(Cc1ccoc1)C(=O)N[C@H](C(=O)O)C(C)(C)C. The smallest absolute Gasteiger partial charge is 0.326 e. The fourth-order valence-corrected chi connectivity index (χ4v) is 1.61.